The highest BCUT2D eigenvalue weighted by Crippen LogP contribution is 2.64. The molecule has 8 unspecified atom stereocenters. The average Bonchev–Trinajstić information content (AvgIpc) is 3.39. The number of esters is 1. The summed E-state index contributed by atoms with van der Waals surface area (Å²) < 4.78 is 30.0. The highest BCUT2D eigenvalue weighted by molar-refractivity contribution is 5.97. The van der Waals surface area contributed by atoms with Gasteiger partial charge in [0.25, 0.3) is 0 Å². The maximum absolute atomic E-state index is 14.0. The van der Waals surface area contributed by atoms with Crippen molar-refractivity contribution < 1.29 is 43.2 Å². The van der Waals surface area contributed by atoms with E-state index < -0.39 is 29.3 Å². The number of ether oxygens (including phenoxy) is 5. The first kappa shape index (κ1) is 30.2. The fourth-order valence-corrected chi connectivity index (χ4v) is 9.98. The molecular formula is C32H47NO9. The van der Waals surface area contributed by atoms with Gasteiger partial charge in [-0.25, -0.2) is 0 Å². The molecule has 0 aromatic rings. The van der Waals surface area contributed by atoms with E-state index in [4.69, 9.17) is 29.4 Å². The van der Waals surface area contributed by atoms with Crippen LogP contribution in [0.15, 0.2) is 11.6 Å². The van der Waals surface area contributed by atoms with Crippen LogP contribution in [0.1, 0.15) is 59.3 Å². The van der Waals surface area contributed by atoms with Crippen LogP contribution in [-0.4, -0.2) is 80.4 Å². The summed E-state index contributed by atoms with van der Waals surface area (Å²) in [6, 6.07) is 0. The van der Waals surface area contributed by atoms with Crippen molar-refractivity contribution in [1.29, 1.82) is 0 Å². The third kappa shape index (κ3) is 5.15. The minimum Gasteiger partial charge on any atom is -0.481 e. The summed E-state index contributed by atoms with van der Waals surface area (Å²) in [6.07, 6.45) is 5.33. The van der Waals surface area contributed by atoms with E-state index in [0.29, 0.717) is 32.1 Å². The Morgan fingerprint density at radius 3 is 2.64 bits per heavy atom. The van der Waals surface area contributed by atoms with Crippen molar-refractivity contribution in [3.05, 3.63) is 11.6 Å². The second-order valence-corrected chi connectivity index (χ2v) is 14.1. The SMILES string of the molecule is CC(=O)O[C@@H]1C[C@@]23COCC(C2CCC2C3=CC(=O)C3C2CCC(CC(C)C)C3C(=O)O)[C@H]1OCC1OCO[C@H]1CN. The van der Waals surface area contributed by atoms with Gasteiger partial charge >= 0.3 is 11.9 Å². The van der Waals surface area contributed by atoms with E-state index in [1.54, 1.807) is 6.08 Å². The number of carboxylic acids is 1. The van der Waals surface area contributed by atoms with Crippen LogP contribution < -0.4 is 5.73 Å². The van der Waals surface area contributed by atoms with Gasteiger partial charge in [-0.15, -0.1) is 0 Å². The molecule has 2 saturated heterocycles. The zero-order valence-corrected chi connectivity index (χ0v) is 25.1. The molecule has 0 spiro atoms. The molecule has 0 aromatic carbocycles. The molecule has 10 heteroatoms. The molecule has 0 amide bonds. The molecule has 2 heterocycles. The van der Waals surface area contributed by atoms with Gasteiger partial charge in [0.15, 0.2) is 5.78 Å². The molecule has 0 aromatic heterocycles. The Balaban J connectivity index is 1.30. The Morgan fingerprint density at radius 2 is 1.93 bits per heavy atom. The van der Waals surface area contributed by atoms with Gasteiger partial charge in [0.2, 0.25) is 0 Å². The van der Waals surface area contributed by atoms with Crippen LogP contribution in [0.3, 0.4) is 0 Å². The summed E-state index contributed by atoms with van der Waals surface area (Å²) in [5, 5.41) is 10.3. The summed E-state index contributed by atoms with van der Waals surface area (Å²) in [5.41, 5.74) is 6.52. The number of rotatable bonds is 8. The van der Waals surface area contributed by atoms with Crippen molar-refractivity contribution in [2.45, 2.75) is 83.7 Å². The molecule has 6 rings (SSSR count). The molecule has 10 nitrogen and oxygen atoms in total. The molecule has 3 saturated carbocycles. The third-order valence-electron chi connectivity index (χ3n) is 11.4. The largest absolute Gasteiger partial charge is 0.481 e. The molecule has 4 aliphatic carbocycles. The Bertz CT molecular complexity index is 1090. The number of hydrogen-bond donors (Lipinski definition) is 2. The monoisotopic (exact) mass is 589 g/mol. The average molecular weight is 590 g/mol. The van der Waals surface area contributed by atoms with E-state index in [1.807, 2.05) is 0 Å². The first-order valence-corrected chi connectivity index (χ1v) is 15.9. The number of allylic oxidation sites excluding steroid dienone is 1. The van der Waals surface area contributed by atoms with Gasteiger partial charge in [-0.3, -0.25) is 14.4 Å². The second-order valence-electron chi connectivity index (χ2n) is 14.1. The Morgan fingerprint density at radius 1 is 1.14 bits per heavy atom. The molecule has 5 fully saturated rings. The van der Waals surface area contributed by atoms with E-state index in [-0.39, 0.29) is 73.1 Å². The lowest BCUT2D eigenvalue weighted by Gasteiger charge is -2.63. The molecule has 6 aliphatic rings. The van der Waals surface area contributed by atoms with Crippen LogP contribution in [0.4, 0.5) is 0 Å². The van der Waals surface area contributed by atoms with Crippen molar-refractivity contribution in [1.82, 2.24) is 0 Å². The number of ketones is 1. The Labute approximate surface area is 248 Å². The van der Waals surface area contributed by atoms with Gasteiger partial charge in [-0.2, -0.15) is 0 Å². The zero-order valence-electron chi connectivity index (χ0n) is 25.1. The molecule has 234 valence electrons. The molecule has 3 N–H and O–H groups in total. The van der Waals surface area contributed by atoms with E-state index in [0.717, 1.165) is 37.7 Å². The molecule has 12 atom stereocenters. The van der Waals surface area contributed by atoms with Gasteiger partial charge in [0.05, 0.1) is 31.8 Å². The lowest BCUT2D eigenvalue weighted by molar-refractivity contribution is -0.228. The Hall–Kier alpha value is -1.85. The highest BCUT2D eigenvalue weighted by atomic mass is 16.7. The van der Waals surface area contributed by atoms with Gasteiger partial charge in [-0.05, 0) is 74.2 Å². The second kappa shape index (κ2) is 11.9. The smallest absolute Gasteiger partial charge is 0.307 e. The van der Waals surface area contributed by atoms with Crippen molar-refractivity contribution in [2.24, 2.45) is 58.5 Å². The normalized spacial score (nSPS) is 44.5. The number of carbonyl (C=O) groups is 3. The first-order chi connectivity index (χ1) is 20.1. The Kier molecular flexibility index (Phi) is 8.56. The standard InChI is InChI=1S/C32H47NO9/c1-16(2)8-18-4-5-20-19-6-7-22-21-12-38-14-32(22,23(19)9-24(35)29(20)28(18)31(36)37)10-25(42-17(3)34)30(21)39-13-27-26(11-33)40-15-41-27/h9,16,18-22,25-30H,4-8,10-15,33H2,1-3H3,(H,36,37)/t18?,19?,20?,21?,22?,25-,26+,27?,28?,29?,30-,32-/m1/s1. The number of carbonyl (C=O) groups excluding carboxylic acids is 2. The summed E-state index contributed by atoms with van der Waals surface area (Å²) in [7, 11) is 0. The molecule has 42 heavy (non-hydrogen) atoms. The summed E-state index contributed by atoms with van der Waals surface area (Å²) in [4.78, 5) is 38.9. The van der Waals surface area contributed by atoms with Crippen molar-refractivity contribution in [3.8, 4) is 0 Å². The predicted octanol–water partition coefficient (Wildman–Crippen LogP) is 2.96. The number of fused-ring (bicyclic) bond motifs is 3. The fraction of sp³-hybridized carbons (Fsp3) is 0.844. The van der Waals surface area contributed by atoms with Crippen molar-refractivity contribution in [3.63, 3.8) is 0 Å². The van der Waals surface area contributed by atoms with Crippen LogP contribution >= 0.6 is 0 Å². The predicted molar refractivity (Wildman–Crippen MR) is 150 cm³/mol. The first-order valence-electron chi connectivity index (χ1n) is 15.9. The summed E-state index contributed by atoms with van der Waals surface area (Å²) in [5.74, 6) is -1.60. The van der Waals surface area contributed by atoms with Gasteiger partial charge in [0.1, 0.15) is 25.1 Å². The van der Waals surface area contributed by atoms with Gasteiger partial charge in [0, 0.05) is 30.7 Å². The van der Waals surface area contributed by atoms with Crippen molar-refractivity contribution in [2.75, 3.05) is 33.2 Å². The van der Waals surface area contributed by atoms with E-state index >= 15 is 0 Å². The van der Waals surface area contributed by atoms with E-state index in [2.05, 4.69) is 13.8 Å². The quantitative estimate of drug-likeness (QED) is 0.406. The highest BCUT2D eigenvalue weighted by Gasteiger charge is 2.64. The maximum Gasteiger partial charge on any atom is 0.307 e. The zero-order chi connectivity index (χ0) is 29.8. The fourth-order valence-electron chi connectivity index (χ4n) is 9.98. The lowest BCUT2D eigenvalue weighted by atomic mass is 9.45. The van der Waals surface area contributed by atoms with Crippen LogP contribution in [0, 0.1) is 52.8 Å². The van der Waals surface area contributed by atoms with Gasteiger partial charge < -0.3 is 34.5 Å². The number of aliphatic carboxylic acids is 1. The number of nitrogens with two attached hydrogens (primary N) is 1. The number of carboxylic acid groups (broad SMARTS) is 1. The lowest BCUT2D eigenvalue weighted by Crippen LogP contribution is -2.64. The molecular weight excluding hydrogens is 542 g/mol. The third-order valence-corrected chi connectivity index (χ3v) is 11.4. The van der Waals surface area contributed by atoms with E-state index in [1.165, 1.54) is 6.92 Å². The van der Waals surface area contributed by atoms with Gasteiger partial charge in [-0.1, -0.05) is 19.4 Å². The topological polar surface area (TPSA) is 144 Å². The molecule has 0 radical (unpaired) electrons. The van der Waals surface area contributed by atoms with Crippen LogP contribution in [0.5, 0.6) is 0 Å². The molecule has 2 aliphatic heterocycles. The van der Waals surface area contributed by atoms with E-state index in [9.17, 15) is 19.5 Å². The van der Waals surface area contributed by atoms with Crippen molar-refractivity contribution >= 4 is 17.7 Å². The number of hydrogen-bond acceptors (Lipinski definition) is 9. The van der Waals surface area contributed by atoms with Crippen LogP contribution in [0.25, 0.3) is 0 Å². The van der Waals surface area contributed by atoms with Crippen LogP contribution in [0.2, 0.25) is 0 Å². The van der Waals surface area contributed by atoms with Crippen LogP contribution in [-0.2, 0) is 38.1 Å². The summed E-state index contributed by atoms with van der Waals surface area (Å²) in [6.45, 7) is 7.42. The molecule has 2 bridgehead atoms. The minimum atomic E-state index is -0.838. The maximum atomic E-state index is 14.0. The minimum absolute atomic E-state index is 0.0151. The summed E-state index contributed by atoms with van der Waals surface area (Å²) >= 11 is 0.